The van der Waals surface area contributed by atoms with Gasteiger partial charge in [0.1, 0.15) is 0 Å². The fourth-order valence-corrected chi connectivity index (χ4v) is 5.15. The third-order valence-corrected chi connectivity index (χ3v) is 8.18. The van der Waals surface area contributed by atoms with Gasteiger partial charge in [0.2, 0.25) is 14.8 Å². The van der Waals surface area contributed by atoms with Crippen LogP contribution in [-0.2, 0) is 10.0 Å². The fraction of sp³-hybridized carbons (Fsp3) is 0.192. The third kappa shape index (κ3) is 5.32. The van der Waals surface area contributed by atoms with Crippen molar-refractivity contribution < 1.29 is 8.42 Å². The van der Waals surface area contributed by atoms with Crippen LogP contribution in [0.1, 0.15) is 23.6 Å². The average Bonchev–Trinajstić information content (AvgIpc) is 3.23. The van der Waals surface area contributed by atoms with Crippen molar-refractivity contribution in [3.8, 4) is 11.3 Å². The van der Waals surface area contributed by atoms with E-state index in [2.05, 4.69) is 36.2 Å². The Bertz CT molecular complexity index is 1550. The fourth-order valence-electron chi connectivity index (χ4n) is 3.38. The first-order valence-electron chi connectivity index (χ1n) is 11.0. The summed E-state index contributed by atoms with van der Waals surface area (Å²) in [5, 5.41) is 6.93. The molecule has 0 saturated heterocycles. The summed E-state index contributed by atoms with van der Waals surface area (Å²) >= 11 is 1.45. The van der Waals surface area contributed by atoms with Gasteiger partial charge in [-0.15, -0.1) is 11.3 Å². The van der Waals surface area contributed by atoms with Crippen LogP contribution in [0, 0.1) is 13.8 Å². The molecule has 0 aliphatic heterocycles. The zero-order valence-corrected chi connectivity index (χ0v) is 21.9. The summed E-state index contributed by atoms with van der Waals surface area (Å²) in [6.45, 7) is 5.91. The second kappa shape index (κ2) is 10.1. The van der Waals surface area contributed by atoms with E-state index in [1.807, 2.05) is 36.0 Å². The quantitative estimate of drug-likeness (QED) is 0.347. The van der Waals surface area contributed by atoms with Crippen LogP contribution >= 0.6 is 11.3 Å². The molecule has 2 heterocycles. The van der Waals surface area contributed by atoms with Gasteiger partial charge >= 0.3 is 0 Å². The number of sulfonamides is 1. The monoisotopic (exact) mass is 505 g/mol. The molecule has 0 spiro atoms. The van der Waals surface area contributed by atoms with Gasteiger partial charge in [0.05, 0.1) is 22.0 Å². The van der Waals surface area contributed by atoms with Crippen molar-refractivity contribution in [3.05, 3.63) is 93.9 Å². The van der Waals surface area contributed by atoms with Gasteiger partial charge in [-0.3, -0.25) is 4.98 Å². The molecule has 4 rings (SSSR count). The highest BCUT2D eigenvalue weighted by Crippen LogP contribution is 2.26. The van der Waals surface area contributed by atoms with Gasteiger partial charge in [-0.05, 0) is 50.6 Å². The molecule has 0 amide bonds. The van der Waals surface area contributed by atoms with E-state index >= 15 is 0 Å². The highest BCUT2D eigenvalue weighted by molar-refractivity contribution is 7.89. The Morgan fingerprint density at radius 3 is 2.34 bits per heavy atom. The maximum Gasteiger partial charge on any atom is 0.242 e. The molecule has 2 aromatic carbocycles. The van der Waals surface area contributed by atoms with Crippen LogP contribution in [0.3, 0.4) is 0 Å². The number of benzene rings is 2. The number of aryl methyl sites for hydroxylation is 2. The van der Waals surface area contributed by atoms with Crippen LogP contribution in [0.2, 0.25) is 0 Å². The number of thiazole rings is 1. The van der Waals surface area contributed by atoms with Crippen LogP contribution in [0.5, 0.6) is 0 Å². The van der Waals surface area contributed by atoms with Crippen LogP contribution in [0.25, 0.3) is 11.3 Å². The molecule has 0 aliphatic carbocycles. The van der Waals surface area contributed by atoms with Gasteiger partial charge in [0.15, 0.2) is 0 Å². The molecule has 180 valence electrons. The number of hydrogen-bond acceptors (Lipinski definition) is 6. The van der Waals surface area contributed by atoms with Gasteiger partial charge in [0.25, 0.3) is 0 Å². The highest BCUT2D eigenvalue weighted by Gasteiger charge is 2.18. The van der Waals surface area contributed by atoms with E-state index in [4.69, 9.17) is 10.1 Å². The summed E-state index contributed by atoms with van der Waals surface area (Å²) in [6.07, 6.45) is 3.47. The van der Waals surface area contributed by atoms with E-state index in [1.54, 1.807) is 30.6 Å². The van der Waals surface area contributed by atoms with Crippen molar-refractivity contribution in [1.82, 2.24) is 14.0 Å². The number of hydrogen-bond donors (Lipinski definition) is 0. The first kappa shape index (κ1) is 24.7. The minimum Gasteiger partial charge on any atom is -0.265 e. The zero-order chi connectivity index (χ0) is 25.2. The molecule has 35 heavy (non-hydrogen) atoms. The van der Waals surface area contributed by atoms with Crippen molar-refractivity contribution in [2.45, 2.75) is 25.7 Å². The predicted octanol–water partition coefficient (Wildman–Crippen LogP) is 4.98. The minimum absolute atomic E-state index is 0.199. The summed E-state index contributed by atoms with van der Waals surface area (Å²) in [4.78, 5) is 9.79. The van der Waals surface area contributed by atoms with Gasteiger partial charge in [-0.1, -0.05) is 35.9 Å². The lowest BCUT2D eigenvalue weighted by Gasteiger charge is -2.12. The molecule has 4 aromatic rings. The Hall–Kier alpha value is -3.40. The largest absolute Gasteiger partial charge is 0.265 e. The van der Waals surface area contributed by atoms with E-state index in [-0.39, 0.29) is 4.90 Å². The molecule has 0 radical (unpaired) electrons. The molecule has 0 saturated carbocycles. The molecule has 0 N–H and O–H groups in total. The van der Waals surface area contributed by atoms with E-state index in [0.29, 0.717) is 10.5 Å². The van der Waals surface area contributed by atoms with Crippen LogP contribution in [0.15, 0.2) is 87.4 Å². The maximum absolute atomic E-state index is 12.7. The summed E-state index contributed by atoms with van der Waals surface area (Å²) in [5.74, 6) is 0. The summed E-state index contributed by atoms with van der Waals surface area (Å²) in [7, 11) is -0.544. The Morgan fingerprint density at radius 1 is 1.00 bits per heavy atom. The van der Waals surface area contributed by atoms with Crippen molar-refractivity contribution in [1.29, 1.82) is 0 Å². The van der Waals surface area contributed by atoms with Crippen molar-refractivity contribution >= 4 is 32.8 Å². The SMILES string of the molecule is C/C(=N/n1c(-c2ccc(C)cc2)csc1=Nc1cc(S(=O)(=O)N(C)C)ccc1C)c1ccncc1. The van der Waals surface area contributed by atoms with Crippen molar-refractivity contribution in [2.24, 2.45) is 10.1 Å². The Kier molecular flexibility index (Phi) is 7.11. The number of aromatic nitrogens is 2. The molecular formula is C26H27N5O2S2. The van der Waals surface area contributed by atoms with Crippen molar-refractivity contribution in [3.63, 3.8) is 0 Å². The van der Waals surface area contributed by atoms with Crippen LogP contribution in [-0.4, -0.2) is 42.2 Å². The molecule has 0 fully saturated rings. The minimum atomic E-state index is -3.58. The summed E-state index contributed by atoms with van der Waals surface area (Å²) in [5.41, 5.74) is 6.30. The Balaban J connectivity index is 1.93. The molecule has 0 atom stereocenters. The number of nitrogens with zero attached hydrogens (tertiary/aromatic N) is 5. The van der Waals surface area contributed by atoms with Crippen LogP contribution < -0.4 is 4.80 Å². The Morgan fingerprint density at radius 2 is 1.69 bits per heavy atom. The van der Waals surface area contributed by atoms with Gasteiger partial charge in [-0.2, -0.15) is 5.10 Å². The van der Waals surface area contributed by atoms with Gasteiger partial charge in [0, 0.05) is 43.0 Å². The standard InChI is InChI=1S/C26H27N5O2S2/c1-18-6-9-22(10-7-18)25-17-34-26(31(25)29-20(3)21-12-14-27-15-13-21)28-24-16-23(11-8-19(24)2)35(32,33)30(4)5/h6-17H,1-5H3/b28-26?,29-20-. The summed E-state index contributed by atoms with van der Waals surface area (Å²) in [6, 6.07) is 17.1. The normalized spacial score (nSPS) is 13.0. The first-order chi connectivity index (χ1) is 16.7. The lowest BCUT2D eigenvalue weighted by molar-refractivity contribution is 0.521. The third-order valence-electron chi connectivity index (χ3n) is 5.56. The van der Waals surface area contributed by atoms with Gasteiger partial charge in [-0.25, -0.2) is 22.4 Å². The molecule has 0 aliphatic rings. The average molecular weight is 506 g/mol. The first-order valence-corrected chi connectivity index (χ1v) is 13.3. The topological polar surface area (TPSA) is 79.9 Å². The molecule has 9 heteroatoms. The highest BCUT2D eigenvalue weighted by atomic mass is 32.2. The second-order valence-corrected chi connectivity index (χ2v) is 11.3. The molecule has 0 bridgehead atoms. The number of rotatable bonds is 6. The molecule has 7 nitrogen and oxygen atoms in total. The molecule has 2 aromatic heterocycles. The maximum atomic E-state index is 12.7. The Labute approximate surface area is 209 Å². The van der Waals surface area contributed by atoms with E-state index < -0.39 is 10.0 Å². The van der Waals surface area contributed by atoms with E-state index in [1.165, 1.54) is 35.3 Å². The van der Waals surface area contributed by atoms with Gasteiger partial charge < -0.3 is 0 Å². The zero-order valence-electron chi connectivity index (χ0n) is 20.3. The van der Waals surface area contributed by atoms with Crippen molar-refractivity contribution in [2.75, 3.05) is 14.1 Å². The summed E-state index contributed by atoms with van der Waals surface area (Å²) < 4.78 is 28.4. The van der Waals surface area contributed by atoms with Crippen LogP contribution in [0.4, 0.5) is 5.69 Å². The molecule has 0 unspecified atom stereocenters. The lowest BCUT2D eigenvalue weighted by atomic mass is 10.1. The molecular weight excluding hydrogens is 478 g/mol. The van der Waals surface area contributed by atoms with E-state index in [0.717, 1.165) is 28.1 Å². The second-order valence-electron chi connectivity index (χ2n) is 8.35. The lowest BCUT2D eigenvalue weighted by Crippen LogP contribution is -2.22. The smallest absolute Gasteiger partial charge is 0.242 e. The number of pyridine rings is 1. The van der Waals surface area contributed by atoms with E-state index in [9.17, 15) is 8.42 Å². The predicted molar refractivity (Wildman–Crippen MR) is 142 cm³/mol.